The van der Waals surface area contributed by atoms with Crippen molar-refractivity contribution in [3.8, 4) is 11.5 Å². The normalized spacial score (nSPS) is 10.9. The van der Waals surface area contributed by atoms with Crippen molar-refractivity contribution in [2.75, 3.05) is 19.0 Å². The fraction of sp³-hybridized carbons (Fsp3) is 0.250. The van der Waals surface area contributed by atoms with Crippen molar-refractivity contribution >= 4 is 34.7 Å². The molecule has 0 heterocycles. The first-order valence-electron chi connectivity index (χ1n) is 8.52. The minimum Gasteiger partial charge on any atom is -0.493 e. The number of thiocarbonyl (C=S) groups is 1. The number of nitrogens with one attached hydrogen (secondary N) is 2. The molecule has 0 aliphatic rings. The van der Waals surface area contributed by atoms with Crippen LogP contribution < -0.4 is 20.2 Å². The highest BCUT2D eigenvalue weighted by Crippen LogP contribution is 2.28. The summed E-state index contributed by atoms with van der Waals surface area (Å²) in [5.41, 5.74) is 7.49. The Labute approximate surface area is 169 Å². The maximum atomic E-state index is 10.7. The molecule has 148 valence electrons. The number of carboxylic acid groups (broad SMARTS) is 1. The molecule has 0 radical (unpaired) electrons. The van der Waals surface area contributed by atoms with Crippen LogP contribution in [-0.2, 0) is 4.79 Å². The van der Waals surface area contributed by atoms with Gasteiger partial charge in [-0.25, -0.2) is 4.79 Å². The maximum absolute atomic E-state index is 10.7. The lowest BCUT2D eigenvalue weighted by atomic mass is 10.1. The molecule has 0 saturated carbocycles. The van der Waals surface area contributed by atoms with E-state index in [1.54, 1.807) is 18.2 Å². The Kier molecular flexibility index (Phi) is 7.34. The molecule has 0 atom stereocenters. The van der Waals surface area contributed by atoms with E-state index in [2.05, 4.69) is 15.8 Å². The van der Waals surface area contributed by atoms with Crippen LogP contribution in [0, 0.1) is 13.8 Å². The lowest BCUT2D eigenvalue weighted by molar-refractivity contribution is -0.139. The summed E-state index contributed by atoms with van der Waals surface area (Å²) in [6, 6.07) is 11.1. The molecule has 2 rings (SSSR count). The summed E-state index contributed by atoms with van der Waals surface area (Å²) in [7, 11) is 1.49. The van der Waals surface area contributed by atoms with E-state index in [9.17, 15) is 4.79 Å². The van der Waals surface area contributed by atoms with E-state index in [0.29, 0.717) is 22.3 Å². The number of anilines is 1. The molecule has 0 bridgehead atoms. The molecular formula is C20H23N3O4S. The van der Waals surface area contributed by atoms with Crippen LogP contribution >= 0.6 is 12.2 Å². The average molecular weight is 401 g/mol. The zero-order valence-electron chi connectivity index (χ0n) is 16.2. The Morgan fingerprint density at radius 3 is 2.64 bits per heavy atom. The highest BCUT2D eigenvalue weighted by atomic mass is 32.1. The van der Waals surface area contributed by atoms with Gasteiger partial charge >= 0.3 is 5.97 Å². The molecular weight excluding hydrogens is 378 g/mol. The number of carbonyl (C=O) groups is 1. The van der Waals surface area contributed by atoms with Crippen LogP contribution in [0.5, 0.6) is 11.5 Å². The van der Waals surface area contributed by atoms with Crippen LogP contribution in [0.15, 0.2) is 41.5 Å². The SMILES string of the molecule is COc1cc(/C(C)=N\NC(=S)Nc2cccc(C)c2C)ccc1OCC(=O)O. The van der Waals surface area contributed by atoms with E-state index in [4.69, 9.17) is 26.8 Å². The smallest absolute Gasteiger partial charge is 0.341 e. The topological polar surface area (TPSA) is 92.2 Å². The zero-order valence-corrected chi connectivity index (χ0v) is 17.0. The van der Waals surface area contributed by atoms with Crippen molar-refractivity contribution in [1.82, 2.24) is 5.43 Å². The summed E-state index contributed by atoms with van der Waals surface area (Å²) < 4.78 is 10.5. The molecule has 7 nitrogen and oxygen atoms in total. The Hall–Kier alpha value is -3.13. The number of ether oxygens (including phenoxy) is 2. The van der Waals surface area contributed by atoms with Gasteiger partial charge in [-0.15, -0.1) is 0 Å². The largest absolute Gasteiger partial charge is 0.493 e. The molecule has 0 amide bonds. The van der Waals surface area contributed by atoms with E-state index in [-0.39, 0.29) is 0 Å². The lowest BCUT2D eigenvalue weighted by Crippen LogP contribution is -2.25. The first kappa shape index (κ1) is 21.2. The monoisotopic (exact) mass is 401 g/mol. The van der Waals surface area contributed by atoms with Crippen molar-refractivity contribution < 1.29 is 19.4 Å². The second-order valence-electron chi connectivity index (χ2n) is 6.06. The molecule has 0 aliphatic carbocycles. The first-order valence-corrected chi connectivity index (χ1v) is 8.93. The van der Waals surface area contributed by atoms with Crippen LogP contribution in [0.4, 0.5) is 5.69 Å². The Morgan fingerprint density at radius 2 is 1.96 bits per heavy atom. The lowest BCUT2D eigenvalue weighted by Gasteiger charge is -2.13. The van der Waals surface area contributed by atoms with E-state index < -0.39 is 12.6 Å². The van der Waals surface area contributed by atoms with Gasteiger partial charge in [-0.05, 0) is 68.4 Å². The third kappa shape index (κ3) is 5.68. The molecule has 0 unspecified atom stereocenters. The number of rotatable bonds is 7. The highest BCUT2D eigenvalue weighted by Gasteiger charge is 2.09. The summed E-state index contributed by atoms with van der Waals surface area (Å²) in [5, 5.41) is 16.5. The van der Waals surface area contributed by atoms with Gasteiger partial charge in [0.25, 0.3) is 0 Å². The molecule has 0 aliphatic heterocycles. The Balaban J connectivity index is 2.06. The number of hydrazone groups is 1. The van der Waals surface area contributed by atoms with E-state index in [1.165, 1.54) is 12.7 Å². The number of methoxy groups -OCH3 is 1. The van der Waals surface area contributed by atoms with Crippen LogP contribution in [0.3, 0.4) is 0 Å². The van der Waals surface area contributed by atoms with Crippen molar-refractivity contribution in [3.05, 3.63) is 53.1 Å². The van der Waals surface area contributed by atoms with E-state index >= 15 is 0 Å². The predicted molar refractivity (Wildman–Crippen MR) is 114 cm³/mol. The molecule has 0 fully saturated rings. The van der Waals surface area contributed by atoms with Crippen molar-refractivity contribution in [2.24, 2.45) is 5.10 Å². The average Bonchev–Trinajstić information content (AvgIpc) is 2.67. The predicted octanol–water partition coefficient (Wildman–Crippen LogP) is 3.49. The standard InChI is InChI=1S/C20H23N3O4S/c1-12-6-5-7-16(13(12)2)21-20(28)23-22-14(3)15-8-9-17(18(10-15)26-4)27-11-19(24)25/h5-10H,11H2,1-4H3,(H,24,25)(H2,21,23,28)/b22-14-. The molecule has 2 aromatic carbocycles. The Morgan fingerprint density at radius 1 is 1.21 bits per heavy atom. The molecule has 0 aromatic heterocycles. The zero-order chi connectivity index (χ0) is 20.7. The minimum atomic E-state index is -1.06. The third-order valence-corrected chi connectivity index (χ3v) is 4.30. The second-order valence-corrected chi connectivity index (χ2v) is 6.47. The highest BCUT2D eigenvalue weighted by molar-refractivity contribution is 7.80. The van der Waals surface area contributed by atoms with Crippen LogP contribution in [0.25, 0.3) is 0 Å². The van der Waals surface area contributed by atoms with Gasteiger partial charge in [0.2, 0.25) is 0 Å². The second kappa shape index (κ2) is 9.70. The summed E-state index contributed by atoms with van der Waals surface area (Å²) in [6.45, 7) is 5.44. The summed E-state index contributed by atoms with van der Waals surface area (Å²) >= 11 is 5.31. The van der Waals surface area contributed by atoms with Gasteiger partial charge < -0.3 is 19.9 Å². The first-order chi connectivity index (χ1) is 13.3. The summed E-state index contributed by atoms with van der Waals surface area (Å²) in [5.74, 6) is -0.288. The number of carboxylic acids is 1. The van der Waals surface area contributed by atoms with Crippen LogP contribution in [-0.4, -0.2) is 35.6 Å². The van der Waals surface area contributed by atoms with Gasteiger partial charge in [-0.3, -0.25) is 5.43 Å². The fourth-order valence-corrected chi connectivity index (χ4v) is 2.54. The summed E-state index contributed by atoms with van der Waals surface area (Å²) in [4.78, 5) is 10.7. The van der Waals surface area contributed by atoms with Crippen LogP contribution in [0.2, 0.25) is 0 Å². The molecule has 8 heteroatoms. The number of hydrogen-bond acceptors (Lipinski definition) is 5. The molecule has 2 aromatic rings. The summed E-state index contributed by atoms with van der Waals surface area (Å²) in [6.07, 6.45) is 0. The molecule has 3 N–H and O–H groups in total. The van der Waals surface area contributed by atoms with Crippen molar-refractivity contribution in [1.29, 1.82) is 0 Å². The Bertz CT molecular complexity index is 912. The van der Waals surface area contributed by atoms with Crippen molar-refractivity contribution in [3.63, 3.8) is 0 Å². The number of aliphatic carboxylic acids is 1. The molecule has 0 spiro atoms. The number of hydrogen-bond donors (Lipinski definition) is 3. The van der Waals surface area contributed by atoms with E-state index in [0.717, 1.165) is 16.8 Å². The van der Waals surface area contributed by atoms with Gasteiger partial charge in [0.15, 0.2) is 23.2 Å². The minimum absolute atomic E-state index is 0.349. The van der Waals surface area contributed by atoms with Gasteiger partial charge in [-0.2, -0.15) is 5.10 Å². The number of aryl methyl sites for hydroxylation is 1. The number of benzene rings is 2. The maximum Gasteiger partial charge on any atom is 0.341 e. The van der Waals surface area contributed by atoms with Gasteiger partial charge in [0.05, 0.1) is 12.8 Å². The van der Waals surface area contributed by atoms with Gasteiger partial charge in [-0.1, -0.05) is 12.1 Å². The van der Waals surface area contributed by atoms with Gasteiger partial charge in [0.1, 0.15) is 0 Å². The van der Waals surface area contributed by atoms with E-state index in [1.807, 2.05) is 39.0 Å². The molecule has 0 saturated heterocycles. The van der Waals surface area contributed by atoms with Gasteiger partial charge in [0, 0.05) is 11.3 Å². The van der Waals surface area contributed by atoms with Crippen molar-refractivity contribution in [2.45, 2.75) is 20.8 Å². The fourth-order valence-electron chi connectivity index (χ4n) is 2.39. The number of nitrogens with zero attached hydrogens (tertiary/aromatic N) is 1. The quantitative estimate of drug-likeness (QED) is 0.372. The molecule has 28 heavy (non-hydrogen) atoms. The van der Waals surface area contributed by atoms with Crippen LogP contribution in [0.1, 0.15) is 23.6 Å². The third-order valence-electron chi connectivity index (χ3n) is 4.11.